The lowest BCUT2D eigenvalue weighted by atomic mass is 9.78. The molecule has 0 saturated heterocycles. The number of rotatable bonds is 11. The fraction of sp³-hybridized carbons (Fsp3) is 0.232. The zero-order valence-corrected chi connectivity index (χ0v) is 34.0. The zero-order chi connectivity index (χ0) is 38.9. The van der Waals surface area contributed by atoms with Crippen LogP contribution in [0.2, 0.25) is 0 Å². The minimum Gasteiger partial charge on any atom is -0.248 e. The molecule has 0 N–H and O–H groups in total. The van der Waals surface area contributed by atoms with Crippen molar-refractivity contribution in [2.45, 2.75) is 84.5 Å². The molecule has 282 valence electrons. The predicted molar refractivity (Wildman–Crippen MR) is 243 cm³/mol. The summed E-state index contributed by atoms with van der Waals surface area (Å²) in [4.78, 5) is 5.40. The van der Waals surface area contributed by atoms with Gasteiger partial charge in [-0.05, 0) is 154 Å². The van der Waals surface area contributed by atoms with Gasteiger partial charge in [0.15, 0.2) is 0 Å². The van der Waals surface area contributed by atoms with E-state index in [0.717, 1.165) is 30.5 Å². The Balaban J connectivity index is 0.988. The Morgan fingerprint density at radius 3 is 1.96 bits per heavy atom. The third-order valence-corrected chi connectivity index (χ3v) is 12.7. The van der Waals surface area contributed by atoms with Crippen molar-refractivity contribution in [1.29, 1.82) is 0 Å². The Kier molecular flexibility index (Phi) is 10.1. The van der Waals surface area contributed by atoms with Crippen LogP contribution in [0.5, 0.6) is 0 Å². The lowest BCUT2D eigenvalue weighted by Crippen LogP contribution is -2.17. The molecular weight excluding hydrogens is 687 g/mol. The van der Waals surface area contributed by atoms with Crippen molar-refractivity contribution in [2.24, 2.45) is 0 Å². The van der Waals surface area contributed by atoms with Gasteiger partial charge in [0.2, 0.25) is 0 Å². The van der Waals surface area contributed by atoms with Gasteiger partial charge in [0, 0.05) is 10.8 Å². The first-order valence-corrected chi connectivity index (χ1v) is 21.1. The maximum atomic E-state index is 5.40. The predicted octanol–water partition coefficient (Wildman–Crippen LogP) is 15.1. The van der Waals surface area contributed by atoms with E-state index in [0.29, 0.717) is 0 Å². The van der Waals surface area contributed by atoms with E-state index in [4.69, 9.17) is 4.98 Å². The van der Waals surface area contributed by atoms with E-state index in [1.807, 2.05) is 0 Å². The Morgan fingerprint density at radius 1 is 0.526 bits per heavy atom. The van der Waals surface area contributed by atoms with Crippen LogP contribution in [0.3, 0.4) is 0 Å². The smallest absolute Gasteiger partial charge is 0.0716 e. The van der Waals surface area contributed by atoms with Gasteiger partial charge in [-0.25, -0.2) is 4.98 Å². The molecule has 0 fully saturated rings. The van der Waals surface area contributed by atoms with Crippen LogP contribution >= 0.6 is 0 Å². The number of aryl methyl sites for hydroxylation is 4. The lowest BCUT2D eigenvalue weighted by molar-refractivity contribution is 0.640. The highest BCUT2D eigenvalue weighted by Crippen LogP contribution is 2.52. The van der Waals surface area contributed by atoms with Gasteiger partial charge >= 0.3 is 0 Å². The first-order chi connectivity index (χ1) is 27.8. The second-order valence-electron chi connectivity index (χ2n) is 17.0. The van der Waals surface area contributed by atoms with Crippen LogP contribution in [0.1, 0.15) is 91.4 Å². The van der Waals surface area contributed by atoms with Crippen LogP contribution < -0.4 is 0 Å². The third-order valence-electron chi connectivity index (χ3n) is 12.7. The normalized spacial score (nSPS) is 14.4. The van der Waals surface area contributed by atoms with Crippen molar-refractivity contribution in [3.05, 3.63) is 196 Å². The summed E-state index contributed by atoms with van der Waals surface area (Å²) in [6, 6.07) is 54.0. The number of hydrogen-bond donors (Lipinski definition) is 0. The summed E-state index contributed by atoms with van der Waals surface area (Å²) in [5.74, 6) is 0. The largest absolute Gasteiger partial charge is 0.248 e. The molecule has 0 aliphatic heterocycles. The molecule has 0 amide bonds. The molecule has 1 heteroatoms. The van der Waals surface area contributed by atoms with Gasteiger partial charge in [-0.3, -0.25) is 0 Å². The van der Waals surface area contributed by atoms with Crippen molar-refractivity contribution in [1.82, 2.24) is 4.98 Å². The quantitative estimate of drug-likeness (QED) is 0.120. The van der Waals surface area contributed by atoms with Crippen LogP contribution in [0.4, 0.5) is 0 Å². The molecular formula is C56H53N. The van der Waals surface area contributed by atoms with E-state index in [1.54, 1.807) is 0 Å². The van der Waals surface area contributed by atoms with E-state index in [9.17, 15) is 0 Å². The molecule has 9 rings (SSSR count). The van der Waals surface area contributed by atoms with Crippen LogP contribution in [0, 0.1) is 13.8 Å². The SMILES string of the molecule is Cc1cc(-c2cccc(CCCCCCc3ccccc3)c2)cc(C)c1-c1ccc2nc(C3=CC4=C(CC3)c3ccccc3C4(C)C)cc(-c3ccccc3)c2c1. The number of allylic oxidation sites excluding steroid dienone is 4. The summed E-state index contributed by atoms with van der Waals surface area (Å²) in [5, 5.41) is 1.20. The maximum Gasteiger partial charge on any atom is 0.0716 e. The Bertz CT molecular complexity index is 2630. The summed E-state index contributed by atoms with van der Waals surface area (Å²) in [5.41, 5.74) is 22.4. The number of pyridine rings is 1. The van der Waals surface area contributed by atoms with Gasteiger partial charge in [0.05, 0.1) is 11.2 Å². The second-order valence-corrected chi connectivity index (χ2v) is 17.0. The minimum absolute atomic E-state index is 0.0115. The summed E-state index contributed by atoms with van der Waals surface area (Å²) >= 11 is 0. The summed E-state index contributed by atoms with van der Waals surface area (Å²) in [7, 11) is 0. The topological polar surface area (TPSA) is 12.9 Å². The lowest BCUT2D eigenvalue weighted by Gasteiger charge is -2.26. The van der Waals surface area contributed by atoms with Crippen LogP contribution in [0.15, 0.2) is 157 Å². The fourth-order valence-electron chi connectivity index (χ4n) is 9.75. The van der Waals surface area contributed by atoms with Gasteiger partial charge in [-0.15, -0.1) is 0 Å². The van der Waals surface area contributed by atoms with Gasteiger partial charge < -0.3 is 0 Å². The van der Waals surface area contributed by atoms with E-state index < -0.39 is 0 Å². The number of unbranched alkanes of at least 4 members (excludes halogenated alkanes) is 3. The van der Waals surface area contributed by atoms with Gasteiger partial charge in [0.25, 0.3) is 0 Å². The minimum atomic E-state index is -0.0115. The van der Waals surface area contributed by atoms with E-state index in [2.05, 4.69) is 179 Å². The molecule has 1 aromatic heterocycles. The second kappa shape index (κ2) is 15.6. The van der Waals surface area contributed by atoms with E-state index >= 15 is 0 Å². The highest BCUT2D eigenvalue weighted by Gasteiger charge is 2.38. The molecule has 7 aromatic rings. The van der Waals surface area contributed by atoms with Crippen LogP contribution in [-0.2, 0) is 18.3 Å². The Hall–Kier alpha value is -5.79. The van der Waals surface area contributed by atoms with Crippen molar-refractivity contribution in [2.75, 3.05) is 0 Å². The molecule has 0 atom stereocenters. The molecule has 1 nitrogen and oxygen atoms in total. The summed E-state index contributed by atoms with van der Waals surface area (Å²) < 4.78 is 0. The molecule has 6 aromatic carbocycles. The van der Waals surface area contributed by atoms with Crippen molar-refractivity contribution in [3.63, 3.8) is 0 Å². The highest BCUT2D eigenvalue weighted by molar-refractivity contribution is 5.99. The van der Waals surface area contributed by atoms with Gasteiger partial charge in [-0.1, -0.05) is 160 Å². The number of nitrogens with zero attached hydrogens (tertiary/aromatic N) is 1. The Labute approximate surface area is 339 Å². The monoisotopic (exact) mass is 739 g/mol. The van der Waals surface area contributed by atoms with Gasteiger partial charge in [0.1, 0.15) is 0 Å². The number of fused-ring (bicyclic) bond motifs is 3. The molecule has 2 aliphatic rings. The molecule has 0 saturated carbocycles. The number of aromatic nitrogens is 1. The molecule has 0 spiro atoms. The van der Waals surface area contributed by atoms with Crippen molar-refractivity contribution >= 4 is 22.0 Å². The summed E-state index contributed by atoms with van der Waals surface area (Å²) in [6.07, 6.45) is 11.9. The molecule has 1 heterocycles. The first-order valence-electron chi connectivity index (χ1n) is 21.1. The van der Waals surface area contributed by atoms with Gasteiger partial charge in [-0.2, -0.15) is 0 Å². The van der Waals surface area contributed by atoms with Crippen LogP contribution in [0.25, 0.3) is 55.4 Å². The molecule has 0 bridgehead atoms. The average molecular weight is 740 g/mol. The van der Waals surface area contributed by atoms with Crippen LogP contribution in [-0.4, -0.2) is 4.98 Å². The molecule has 2 aliphatic carbocycles. The molecule has 0 unspecified atom stereocenters. The van der Waals surface area contributed by atoms with E-state index in [1.165, 1.54) is 121 Å². The number of benzene rings is 6. The first kappa shape index (κ1) is 36.8. The maximum absolute atomic E-state index is 5.40. The third kappa shape index (κ3) is 7.33. The average Bonchev–Trinajstić information content (AvgIpc) is 3.47. The van der Waals surface area contributed by atoms with Crippen molar-refractivity contribution in [3.8, 4) is 33.4 Å². The Morgan fingerprint density at radius 2 is 1.19 bits per heavy atom. The summed E-state index contributed by atoms with van der Waals surface area (Å²) in [6.45, 7) is 9.30. The molecule has 0 radical (unpaired) electrons. The standard InChI is InChI=1S/C56H53N/c1-38-32-46(43-25-17-22-41(34-43)21-10-6-5-9-18-40-19-11-7-12-20-40)33-39(2)55(38)45-29-31-53-50(35-45)49(42-23-13-8-14-24-42)37-54(57-53)44-28-30-48-47-26-15-16-27-51(47)56(3,4)52(48)36-44/h7-8,11-17,19-20,22-27,29,31-37H,5-6,9-10,18,21,28,30H2,1-4H3. The number of hydrogen-bond acceptors (Lipinski definition) is 1. The zero-order valence-electron chi connectivity index (χ0n) is 34.0. The fourth-order valence-corrected chi connectivity index (χ4v) is 9.75. The van der Waals surface area contributed by atoms with Crippen molar-refractivity contribution < 1.29 is 0 Å². The molecule has 57 heavy (non-hydrogen) atoms. The van der Waals surface area contributed by atoms with E-state index in [-0.39, 0.29) is 5.41 Å². The highest BCUT2D eigenvalue weighted by atomic mass is 14.7.